The van der Waals surface area contributed by atoms with E-state index in [-0.39, 0.29) is 0 Å². The Bertz CT molecular complexity index is 77.6. The van der Waals surface area contributed by atoms with Crippen molar-refractivity contribution in [3.8, 4) is 0 Å². The summed E-state index contributed by atoms with van der Waals surface area (Å²) in [5.41, 5.74) is 4.45. The van der Waals surface area contributed by atoms with Crippen LogP contribution in [0.25, 0.3) is 0 Å². The van der Waals surface area contributed by atoms with Gasteiger partial charge in [0.25, 0.3) is 0 Å². The molecule has 1 amide bonds. The SMILES string of the molecule is NC(=O)C=[NH+][O-]. The second-order valence-electron chi connectivity index (χ2n) is 0.665. The van der Waals surface area contributed by atoms with Gasteiger partial charge >= 0.3 is 5.91 Å². The van der Waals surface area contributed by atoms with Crippen LogP contribution in [0.4, 0.5) is 0 Å². The fraction of sp³-hybridized carbons (Fsp3) is 0. The summed E-state index contributed by atoms with van der Waals surface area (Å²) >= 11 is 0. The third-order valence-electron chi connectivity index (χ3n) is 0.201. The first-order valence-corrected chi connectivity index (χ1v) is 1.27. The van der Waals surface area contributed by atoms with Crippen LogP contribution in [0.15, 0.2) is 0 Å². The quantitative estimate of drug-likeness (QED) is 0.205. The monoisotopic (exact) mass is 88.0 g/mol. The fourth-order valence-corrected chi connectivity index (χ4v) is 0.0581. The van der Waals surface area contributed by atoms with Crippen molar-refractivity contribution >= 4 is 12.1 Å². The number of hydrogen-bond acceptors (Lipinski definition) is 2. The van der Waals surface area contributed by atoms with E-state index in [0.29, 0.717) is 6.21 Å². The highest BCUT2D eigenvalue weighted by atomic mass is 16.4. The molecule has 6 heavy (non-hydrogen) atoms. The van der Waals surface area contributed by atoms with Gasteiger partial charge in [-0.05, 0) is 0 Å². The molecule has 34 valence electrons. The van der Waals surface area contributed by atoms with Crippen molar-refractivity contribution < 1.29 is 9.95 Å². The molecule has 0 aliphatic heterocycles. The highest BCUT2D eigenvalue weighted by Gasteiger charge is 1.81. The van der Waals surface area contributed by atoms with E-state index in [9.17, 15) is 4.79 Å². The maximum absolute atomic E-state index is 9.50. The van der Waals surface area contributed by atoms with Crippen molar-refractivity contribution in [2.45, 2.75) is 0 Å². The fourth-order valence-electron chi connectivity index (χ4n) is 0.0581. The summed E-state index contributed by atoms with van der Waals surface area (Å²) in [5.74, 6) is -0.759. The molecular formula is C2H4N2O2. The molecule has 0 unspecified atom stereocenters. The zero-order valence-electron chi connectivity index (χ0n) is 2.97. The van der Waals surface area contributed by atoms with Crippen molar-refractivity contribution in [2.24, 2.45) is 5.73 Å². The number of carbonyl (C=O) groups excluding carboxylic acids is 1. The summed E-state index contributed by atoms with van der Waals surface area (Å²) in [6, 6.07) is 0. The molecule has 0 atom stereocenters. The van der Waals surface area contributed by atoms with Gasteiger partial charge in [-0.15, -0.1) is 0 Å². The summed E-state index contributed by atoms with van der Waals surface area (Å²) in [7, 11) is 0. The first-order valence-electron chi connectivity index (χ1n) is 1.27. The number of nitrogens with one attached hydrogen (secondary N) is 1. The largest absolute Gasteiger partial charge is 0.625 e. The first-order chi connectivity index (χ1) is 2.77. The third kappa shape index (κ3) is 2.94. The number of primary amides is 1. The Morgan fingerprint density at radius 1 is 2.00 bits per heavy atom. The average molecular weight is 88.1 g/mol. The molecule has 4 nitrogen and oxygen atoms in total. The molecule has 0 rings (SSSR count). The van der Waals surface area contributed by atoms with Gasteiger partial charge in [0.05, 0.1) is 0 Å². The number of nitrogens with two attached hydrogens (primary N) is 1. The Hall–Kier alpha value is -1.06. The predicted octanol–water partition coefficient (Wildman–Crippen LogP) is -2.88. The highest BCUT2D eigenvalue weighted by molar-refractivity contribution is 6.22. The zero-order valence-corrected chi connectivity index (χ0v) is 2.97. The standard InChI is InChI=1S/C2H4N2O2/c3-2(5)1-4-6/h1,4H,(H2-,3,5,6). The lowest BCUT2D eigenvalue weighted by atomic mass is 10.7. The van der Waals surface area contributed by atoms with Gasteiger partial charge in [-0.25, -0.2) is 5.16 Å². The van der Waals surface area contributed by atoms with E-state index >= 15 is 0 Å². The maximum Gasteiger partial charge on any atom is 0.306 e. The maximum atomic E-state index is 9.50. The Balaban J connectivity index is 3.30. The van der Waals surface area contributed by atoms with Crippen LogP contribution in [0.5, 0.6) is 0 Å². The molecule has 0 aromatic heterocycles. The van der Waals surface area contributed by atoms with Crippen molar-refractivity contribution in [3.63, 3.8) is 0 Å². The van der Waals surface area contributed by atoms with Crippen LogP contribution in [-0.2, 0) is 4.79 Å². The predicted molar refractivity (Wildman–Crippen MR) is 19.6 cm³/mol. The van der Waals surface area contributed by atoms with E-state index in [1.807, 2.05) is 0 Å². The minimum atomic E-state index is -0.759. The van der Waals surface area contributed by atoms with E-state index in [4.69, 9.17) is 5.21 Å². The van der Waals surface area contributed by atoms with Gasteiger partial charge in [0.1, 0.15) is 0 Å². The van der Waals surface area contributed by atoms with Crippen LogP contribution in [0.1, 0.15) is 0 Å². The molecule has 4 heteroatoms. The molecule has 0 aliphatic rings. The Kier molecular flexibility index (Phi) is 1.81. The van der Waals surface area contributed by atoms with E-state index in [2.05, 4.69) is 5.73 Å². The molecule has 0 saturated heterocycles. The number of amides is 1. The van der Waals surface area contributed by atoms with E-state index in [0.717, 1.165) is 0 Å². The van der Waals surface area contributed by atoms with Crippen molar-refractivity contribution in [3.05, 3.63) is 5.21 Å². The molecule has 3 N–H and O–H groups in total. The number of rotatable bonds is 1. The second-order valence-corrected chi connectivity index (χ2v) is 0.665. The smallest absolute Gasteiger partial charge is 0.306 e. The average Bonchev–Trinajstić information content (AvgIpc) is 1.35. The number of carbonyl (C=O) groups is 1. The molecule has 0 spiro atoms. The van der Waals surface area contributed by atoms with E-state index in [1.165, 1.54) is 5.16 Å². The molecule has 0 aromatic rings. The summed E-state index contributed by atoms with van der Waals surface area (Å²) in [6.07, 6.45) is 0.625. The molecule has 0 heterocycles. The lowest BCUT2D eigenvalue weighted by molar-refractivity contribution is -0.366. The molecule has 0 aliphatic carbocycles. The van der Waals surface area contributed by atoms with Crippen molar-refractivity contribution in [2.75, 3.05) is 0 Å². The molecule has 0 bridgehead atoms. The lowest BCUT2D eigenvalue weighted by Gasteiger charge is -1.71. The highest BCUT2D eigenvalue weighted by Crippen LogP contribution is 1.26. The summed E-state index contributed by atoms with van der Waals surface area (Å²) in [6.45, 7) is 0. The molecule has 0 aromatic carbocycles. The Labute approximate surface area is 34.2 Å². The first kappa shape index (κ1) is 4.94. The summed E-state index contributed by atoms with van der Waals surface area (Å²) < 4.78 is 0. The van der Waals surface area contributed by atoms with Gasteiger partial charge in [0.15, 0.2) is 0 Å². The molecule has 0 saturated carbocycles. The van der Waals surface area contributed by atoms with Crippen LogP contribution in [0.3, 0.4) is 0 Å². The van der Waals surface area contributed by atoms with Crippen molar-refractivity contribution in [1.29, 1.82) is 0 Å². The van der Waals surface area contributed by atoms with E-state index in [1.54, 1.807) is 0 Å². The van der Waals surface area contributed by atoms with Gasteiger partial charge in [0, 0.05) is 0 Å². The van der Waals surface area contributed by atoms with Crippen LogP contribution in [0, 0.1) is 5.21 Å². The van der Waals surface area contributed by atoms with Crippen LogP contribution >= 0.6 is 0 Å². The Morgan fingerprint density at radius 2 is 2.50 bits per heavy atom. The summed E-state index contributed by atoms with van der Waals surface area (Å²) in [4.78, 5) is 9.50. The normalized spacial score (nSPS) is 9.33. The molecular weight excluding hydrogens is 84.0 g/mol. The minimum absolute atomic E-state index is 0.625. The van der Waals surface area contributed by atoms with Gasteiger partial charge in [-0.3, -0.25) is 4.79 Å². The Morgan fingerprint density at radius 3 is 2.50 bits per heavy atom. The third-order valence-corrected chi connectivity index (χ3v) is 0.201. The molecule has 0 fully saturated rings. The number of hydrogen-bond donors (Lipinski definition) is 2. The van der Waals surface area contributed by atoms with Crippen LogP contribution in [-0.4, -0.2) is 12.1 Å². The topological polar surface area (TPSA) is 80.1 Å². The van der Waals surface area contributed by atoms with Gasteiger partial charge in [-0.1, -0.05) is 0 Å². The van der Waals surface area contributed by atoms with Gasteiger partial charge in [-0.2, -0.15) is 0 Å². The van der Waals surface area contributed by atoms with Crippen LogP contribution in [0.2, 0.25) is 0 Å². The van der Waals surface area contributed by atoms with Crippen LogP contribution < -0.4 is 10.9 Å². The lowest BCUT2D eigenvalue weighted by Crippen LogP contribution is -2.62. The van der Waals surface area contributed by atoms with Crippen molar-refractivity contribution in [1.82, 2.24) is 0 Å². The van der Waals surface area contributed by atoms with E-state index < -0.39 is 5.91 Å². The minimum Gasteiger partial charge on any atom is -0.625 e. The second kappa shape index (κ2) is 2.19. The molecule has 0 radical (unpaired) electrons. The van der Waals surface area contributed by atoms with Gasteiger partial charge in [0.2, 0.25) is 6.21 Å². The summed E-state index contributed by atoms with van der Waals surface area (Å²) in [5, 5.41) is 10.4. The zero-order chi connectivity index (χ0) is 4.99. The van der Waals surface area contributed by atoms with Gasteiger partial charge < -0.3 is 10.9 Å².